The molecule has 0 atom stereocenters. The standard InChI is InChI=1S/C15H9BrN2O/c16-8-5-6-12-11(7-8)13-9-3-1-2-4-10(9)15(19)18-14(13)17-12/h1-7H,(H2,17,18,19). The van der Waals surface area contributed by atoms with Crippen LogP contribution in [0.3, 0.4) is 0 Å². The third-order valence-electron chi connectivity index (χ3n) is 3.44. The van der Waals surface area contributed by atoms with Crippen LogP contribution in [0, 0.1) is 0 Å². The van der Waals surface area contributed by atoms with Crippen LogP contribution in [-0.4, -0.2) is 9.97 Å². The van der Waals surface area contributed by atoms with Crippen molar-refractivity contribution >= 4 is 48.6 Å². The minimum absolute atomic E-state index is 0.0614. The number of rotatable bonds is 0. The Kier molecular flexibility index (Phi) is 2.11. The van der Waals surface area contributed by atoms with Gasteiger partial charge in [-0.15, -0.1) is 0 Å². The van der Waals surface area contributed by atoms with Crippen molar-refractivity contribution in [2.24, 2.45) is 0 Å². The van der Waals surface area contributed by atoms with Crippen molar-refractivity contribution in [3.63, 3.8) is 0 Å². The van der Waals surface area contributed by atoms with Crippen LogP contribution in [0.25, 0.3) is 32.7 Å². The van der Waals surface area contributed by atoms with E-state index in [9.17, 15) is 4.79 Å². The maximum Gasteiger partial charge on any atom is 0.257 e. The van der Waals surface area contributed by atoms with Crippen LogP contribution in [0.2, 0.25) is 0 Å². The molecule has 0 aliphatic heterocycles. The highest BCUT2D eigenvalue weighted by Gasteiger charge is 2.10. The second-order valence-electron chi connectivity index (χ2n) is 4.56. The molecule has 0 fully saturated rings. The Morgan fingerprint density at radius 1 is 0.895 bits per heavy atom. The minimum Gasteiger partial charge on any atom is -0.341 e. The van der Waals surface area contributed by atoms with Gasteiger partial charge in [0.05, 0.1) is 0 Å². The summed E-state index contributed by atoms with van der Waals surface area (Å²) in [6, 6.07) is 13.7. The van der Waals surface area contributed by atoms with E-state index in [-0.39, 0.29) is 5.56 Å². The summed E-state index contributed by atoms with van der Waals surface area (Å²) in [4.78, 5) is 18.2. The Balaban J connectivity index is 2.40. The van der Waals surface area contributed by atoms with Gasteiger partial charge in [0.1, 0.15) is 5.65 Å². The number of H-pyrrole nitrogens is 2. The lowest BCUT2D eigenvalue weighted by molar-refractivity contribution is 1.30. The Hall–Kier alpha value is -2.07. The van der Waals surface area contributed by atoms with E-state index in [1.54, 1.807) is 0 Å². The third kappa shape index (κ3) is 1.47. The summed E-state index contributed by atoms with van der Waals surface area (Å²) in [5.41, 5.74) is 1.73. The lowest BCUT2D eigenvalue weighted by Crippen LogP contribution is -2.05. The molecule has 0 amide bonds. The molecule has 3 nitrogen and oxygen atoms in total. The maximum atomic E-state index is 12.1. The summed E-state index contributed by atoms with van der Waals surface area (Å²) in [5.74, 6) is 0. The van der Waals surface area contributed by atoms with Gasteiger partial charge in [0.2, 0.25) is 0 Å². The fraction of sp³-hybridized carbons (Fsp3) is 0. The normalized spacial score (nSPS) is 11.6. The first-order valence-corrected chi connectivity index (χ1v) is 6.75. The summed E-state index contributed by atoms with van der Waals surface area (Å²) >= 11 is 3.50. The highest BCUT2D eigenvalue weighted by Crippen LogP contribution is 2.30. The SMILES string of the molecule is O=c1[nH]c2[nH]c3ccc(Br)cc3c2c2ccccc12. The van der Waals surface area contributed by atoms with Crippen LogP contribution in [0.1, 0.15) is 0 Å². The number of aromatic amines is 2. The molecule has 2 aromatic carbocycles. The molecule has 0 saturated carbocycles. The lowest BCUT2D eigenvalue weighted by atomic mass is 10.1. The van der Waals surface area contributed by atoms with E-state index in [1.807, 2.05) is 36.4 Å². The van der Waals surface area contributed by atoms with Crippen molar-refractivity contribution in [2.75, 3.05) is 0 Å². The average Bonchev–Trinajstić information content (AvgIpc) is 2.76. The molecular formula is C15H9BrN2O. The minimum atomic E-state index is -0.0614. The quantitative estimate of drug-likeness (QED) is 0.508. The molecule has 4 rings (SSSR count). The molecule has 0 aliphatic rings. The molecule has 2 N–H and O–H groups in total. The molecule has 92 valence electrons. The molecule has 4 aromatic rings. The molecule has 2 heterocycles. The first-order valence-electron chi connectivity index (χ1n) is 5.96. The molecule has 0 saturated heterocycles. The van der Waals surface area contributed by atoms with Gasteiger partial charge < -0.3 is 9.97 Å². The van der Waals surface area contributed by atoms with Crippen molar-refractivity contribution in [1.82, 2.24) is 9.97 Å². The zero-order chi connectivity index (χ0) is 13.0. The van der Waals surface area contributed by atoms with Crippen molar-refractivity contribution < 1.29 is 0 Å². The molecule has 19 heavy (non-hydrogen) atoms. The van der Waals surface area contributed by atoms with Gasteiger partial charge in [0.15, 0.2) is 0 Å². The van der Waals surface area contributed by atoms with E-state index in [0.717, 1.165) is 37.2 Å². The number of halogens is 1. The zero-order valence-electron chi connectivity index (χ0n) is 9.83. The second-order valence-corrected chi connectivity index (χ2v) is 5.48. The smallest absolute Gasteiger partial charge is 0.257 e. The van der Waals surface area contributed by atoms with Crippen LogP contribution in [0.4, 0.5) is 0 Å². The van der Waals surface area contributed by atoms with Gasteiger partial charge in [-0.3, -0.25) is 4.79 Å². The van der Waals surface area contributed by atoms with Crippen LogP contribution < -0.4 is 5.56 Å². The molecule has 2 aromatic heterocycles. The second kappa shape index (κ2) is 3.71. The first kappa shape index (κ1) is 10.8. The van der Waals surface area contributed by atoms with Crippen molar-refractivity contribution in [2.45, 2.75) is 0 Å². The van der Waals surface area contributed by atoms with Gasteiger partial charge in [-0.2, -0.15) is 0 Å². The Labute approximate surface area is 116 Å². The van der Waals surface area contributed by atoms with E-state index in [0.29, 0.717) is 0 Å². The average molecular weight is 313 g/mol. The van der Waals surface area contributed by atoms with E-state index >= 15 is 0 Å². The van der Waals surface area contributed by atoms with Crippen molar-refractivity contribution in [1.29, 1.82) is 0 Å². The lowest BCUT2D eigenvalue weighted by Gasteiger charge is -1.99. The van der Waals surface area contributed by atoms with Crippen LogP contribution >= 0.6 is 15.9 Å². The fourth-order valence-electron chi connectivity index (χ4n) is 2.62. The number of fused-ring (bicyclic) bond motifs is 5. The van der Waals surface area contributed by atoms with Crippen LogP contribution in [0.15, 0.2) is 51.7 Å². The molecule has 0 spiro atoms. The van der Waals surface area contributed by atoms with Crippen LogP contribution in [-0.2, 0) is 0 Å². The molecule has 0 aliphatic carbocycles. The molecule has 0 radical (unpaired) electrons. The summed E-state index contributed by atoms with van der Waals surface area (Å²) in [6.07, 6.45) is 0. The number of hydrogen-bond donors (Lipinski definition) is 2. The molecule has 0 unspecified atom stereocenters. The monoisotopic (exact) mass is 312 g/mol. The molecular weight excluding hydrogens is 304 g/mol. The molecule has 0 bridgehead atoms. The van der Waals surface area contributed by atoms with Gasteiger partial charge in [0.25, 0.3) is 5.56 Å². The van der Waals surface area contributed by atoms with Gasteiger partial charge in [-0.1, -0.05) is 34.1 Å². The molecule has 4 heteroatoms. The highest BCUT2D eigenvalue weighted by molar-refractivity contribution is 9.10. The third-order valence-corrected chi connectivity index (χ3v) is 3.93. The van der Waals surface area contributed by atoms with E-state index in [4.69, 9.17) is 0 Å². The number of benzene rings is 2. The zero-order valence-corrected chi connectivity index (χ0v) is 11.4. The van der Waals surface area contributed by atoms with Crippen molar-refractivity contribution in [3.05, 3.63) is 57.3 Å². The van der Waals surface area contributed by atoms with E-state index in [2.05, 4.69) is 32.0 Å². The van der Waals surface area contributed by atoms with Gasteiger partial charge in [-0.05, 0) is 29.7 Å². The van der Waals surface area contributed by atoms with Gasteiger partial charge in [-0.25, -0.2) is 0 Å². The summed E-state index contributed by atoms with van der Waals surface area (Å²) in [6.45, 7) is 0. The summed E-state index contributed by atoms with van der Waals surface area (Å²) < 4.78 is 1.02. The number of aromatic nitrogens is 2. The predicted molar refractivity (Wildman–Crippen MR) is 81.6 cm³/mol. The highest BCUT2D eigenvalue weighted by atomic mass is 79.9. The Morgan fingerprint density at radius 3 is 2.53 bits per heavy atom. The van der Waals surface area contributed by atoms with E-state index in [1.165, 1.54) is 0 Å². The van der Waals surface area contributed by atoms with Crippen molar-refractivity contribution in [3.8, 4) is 0 Å². The van der Waals surface area contributed by atoms with Gasteiger partial charge >= 0.3 is 0 Å². The number of nitrogens with one attached hydrogen (secondary N) is 2. The Morgan fingerprint density at radius 2 is 1.68 bits per heavy atom. The predicted octanol–water partition coefficient (Wildman–Crippen LogP) is 3.93. The summed E-state index contributed by atoms with van der Waals surface area (Å²) in [7, 11) is 0. The number of pyridine rings is 1. The fourth-order valence-corrected chi connectivity index (χ4v) is 2.98. The summed E-state index contributed by atoms with van der Waals surface area (Å²) in [5, 5.41) is 3.87. The van der Waals surface area contributed by atoms with Crippen LogP contribution in [0.5, 0.6) is 0 Å². The van der Waals surface area contributed by atoms with Gasteiger partial charge in [0, 0.05) is 26.1 Å². The largest absolute Gasteiger partial charge is 0.341 e. The Bertz CT molecular complexity index is 997. The topological polar surface area (TPSA) is 48.6 Å². The van der Waals surface area contributed by atoms with E-state index < -0.39 is 0 Å². The number of hydrogen-bond acceptors (Lipinski definition) is 1. The maximum absolute atomic E-state index is 12.1. The first-order chi connectivity index (χ1) is 9.24.